The number of sulfone groups is 1. The summed E-state index contributed by atoms with van der Waals surface area (Å²) < 4.78 is 33.1. The van der Waals surface area contributed by atoms with Crippen LogP contribution in [0, 0.1) is 0 Å². The van der Waals surface area contributed by atoms with Crippen LogP contribution in [0.25, 0.3) is 0 Å². The van der Waals surface area contributed by atoms with Gasteiger partial charge in [-0.3, -0.25) is 9.59 Å². The molecule has 0 aromatic heterocycles. The van der Waals surface area contributed by atoms with Crippen LogP contribution in [0.2, 0.25) is 0 Å². The molecule has 132 valence electrons. The predicted octanol–water partition coefficient (Wildman–Crippen LogP) is 0.473. The van der Waals surface area contributed by atoms with E-state index in [0.717, 1.165) is 0 Å². The number of amides is 1. The number of para-hydroxylation sites is 1. The number of hydrogen-bond acceptors (Lipinski definition) is 6. The largest absolute Gasteiger partial charge is 0.496 e. The molecule has 0 saturated carbocycles. The van der Waals surface area contributed by atoms with Gasteiger partial charge in [0.05, 0.1) is 25.0 Å². The van der Waals surface area contributed by atoms with Crippen LogP contribution in [0.15, 0.2) is 24.3 Å². The maximum Gasteiger partial charge on any atom is 0.311 e. The third-order valence-electron chi connectivity index (χ3n) is 3.78. The van der Waals surface area contributed by atoms with Crippen LogP contribution in [0.5, 0.6) is 5.75 Å². The third-order valence-corrected chi connectivity index (χ3v) is 5.55. The molecule has 1 aromatic rings. The Hall–Kier alpha value is -2.09. The zero-order valence-electron chi connectivity index (χ0n) is 13.7. The summed E-state index contributed by atoms with van der Waals surface area (Å²) in [4.78, 5) is 24.0. The van der Waals surface area contributed by atoms with E-state index in [4.69, 9.17) is 9.47 Å². The number of benzene rings is 1. The van der Waals surface area contributed by atoms with Gasteiger partial charge in [-0.05, 0) is 19.4 Å². The summed E-state index contributed by atoms with van der Waals surface area (Å²) in [7, 11) is -1.56. The number of methoxy groups -OCH3 is 1. The number of ether oxygens (including phenoxy) is 2. The van der Waals surface area contributed by atoms with Gasteiger partial charge in [-0.1, -0.05) is 18.2 Å². The molecule has 1 aliphatic rings. The number of carbonyl (C=O) groups excluding carboxylic acids is 2. The standard InChI is InChI=1S/C16H21NO6S/c1-11(16(19)17-13-7-8-24(20,21)10-13)23-15(18)9-12-5-3-4-6-14(12)22-2/h3-6,11,13H,7-10H2,1-2H3,(H,17,19)/t11-,13+/m1/s1. The molecule has 2 atom stereocenters. The maximum absolute atomic E-state index is 12.0. The first kappa shape index (κ1) is 18.3. The molecule has 1 aliphatic heterocycles. The van der Waals surface area contributed by atoms with Crippen molar-refractivity contribution in [3.8, 4) is 5.75 Å². The fraction of sp³-hybridized carbons (Fsp3) is 0.500. The summed E-state index contributed by atoms with van der Waals surface area (Å²) in [5.41, 5.74) is 0.666. The fourth-order valence-corrected chi connectivity index (χ4v) is 4.20. The van der Waals surface area contributed by atoms with Gasteiger partial charge in [0.1, 0.15) is 5.75 Å². The number of rotatable bonds is 6. The molecule has 8 heteroatoms. The van der Waals surface area contributed by atoms with Gasteiger partial charge in [0, 0.05) is 11.6 Å². The Labute approximate surface area is 141 Å². The Kier molecular flexibility index (Phi) is 5.82. The lowest BCUT2D eigenvalue weighted by Gasteiger charge is -2.17. The van der Waals surface area contributed by atoms with Gasteiger partial charge in [-0.15, -0.1) is 0 Å². The van der Waals surface area contributed by atoms with Crippen molar-refractivity contribution in [1.29, 1.82) is 0 Å². The Balaban J connectivity index is 1.86. The van der Waals surface area contributed by atoms with Crippen LogP contribution in [-0.2, 0) is 30.6 Å². The second-order valence-corrected chi connectivity index (χ2v) is 7.96. The van der Waals surface area contributed by atoms with Crippen LogP contribution in [0.1, 0.15) is 18.9 Å². The number of carbonyl (C=O) groups is 2. The molecule has 1 amide bonds. The predicted molar refractivity (Wildman–Crippen MR) is 87.5 cm³/mol. The minimum atomic E-state index is -3.07. The van der Waals surface area contributed by atoms with E-state index in [0.29, 0.717) is 17.7 Å². The van der Waals surface area contributed by atoms with Gasteiger partial charge >= 0.3 is 5.97 Å². The molecule has 7 nitrogen and oxygen atoms in total. The van der Waals surface area contributed by atoms with Crippen molar-refractivity contribution in [3.63, 3.8) is 0 Å². The van der Waals surface area contributed by atoms with Crippen molar-refractivity contribution in [2.24, 2.45) is 0 Å². The van der Waals surface area contributed by atoms with Crippen LogP contribution in [-0.4, -0.2) is 51.1 Å². The first-order valence-electron chi connectivity index (χ1n) is 7.63. The fourth-order valence-electron chi connectivity index (χ4n) is 2.52. The summed E-state index contributed by atoms with van der Waals surface area (Å²) >= 11 is 0. The van der Waals surface area contributed by atoms with E-state index in [1.807, 2.05) is 0 Å². The van der Waals surface area contributed by atoms with E-state index in [2.05, 4.69) is 5.32 Å². The number of esters is 1. The molecular formula is C16H21NO6S. The van der Waals surface area contributed by atoms with E-state index in [9.17, 15) is 18.0 Å². The molecule has 2 rings (SSSR count). The molecule has 0 bridgehead atoms. The summed E-state index contributed by atoms with van der Waals surface area (Å²) in [6, 6.07) is 6.63. The van der Waals surface area contributed by atoms with Gasteiger partial charge in [0.25, 0.3) is 5.91 Å². The van der Waals surface area contributed by atoms with E-state index < -0.39 is 33.9 Å². The molecule has 1 fully saturated rings. The highest BCUT2D eigenvalue weighted by Crippen LogP contribution is 2.18. The zero-order chi connectivity index (χ0) is 17.7. The first-order chi connectivity index (χ1) is 11.3. The topological polar surface area (TPSA) is 98.8 Å². The molecular weight excluding hydrogens is 334 g/mol. The van der Waals surface area contributed by atoms with Gasteiger partial charge in [0.2, 0.25) is 0 Å². The average Bonchev–Trinajstić information content (AvgIpc) is 2.86. The van der Waals surface area contributed by atoms with Crippen molar-refractivity contribution in [2.45, 2.75) is 31.9 Å². The summed E-state index contributed by atoms with van der Waals surface area (Å²) in [5.74, 6) is -0.477. The Morgan fingerprint density at radius 1 is 1.33 bits per heavy atom. The molecule has 1 N–H and O–H groups in total. The molecule has 0 spiro atoms. The van der Waals surface area contributed by atoms with Crippen LogP contribution in [0.4, 0.5) is 0 Å². The van der Waals surface area contributed by atoms with Crippen molar-refractivity contribution in [3.05, 3.63) is 29.8 Å². The van der Waals surface area contributed by atoms with E-state index in [1.165, 1.54) is 14.0 Å². The molecule has 1 aromatic carbocycles. The SMILES string of the molecule is COc1ccccc1CC(=O)O[C@H](C)C(=O)N[C@H]1CCS(=O)(=O)C1. The second-order valence-electron chi connectivity index (χ2n) is 5.73. The van der Waals surface area contributed by atoms with Crippen LogP contribution >= 0.6 is 0 Å². The smallest absolute Gasteiger partial charge is 0.311 e. The van der Waals surface area contributed by atoms with Gasteiger partial charge < -0.3 is 14.8 Å². The number of nitrogens with one attached hydrogen (secondary N) is 1. The van der Waals surface area contributed by atoms with Crippen molar-refractivity contribution >= 4 is 21.7 Å². The summed E-state index contributed by atoms with van der Waals surface area (Å²) in [5, 5.41) is 2.61. The van der Waals surface area contributed by atoms with Gasteiger partial charge in [-0.25, -0.2) is 8.42 Å². The Morgan fingerprint density at radius 3 is 2.67 bits per heavy atom. The van der Waals surface area contributed by atoms with Gasteiger partial charge in [-0.2, -0.15) is 0 Å². The third kappa shape index (κ3) is 4.95. The Bertz CT molecular complexity index is 715. The first-order valence-corrected chi connectivity index (χ1v) is 9.45. The van der Waals surface area contributed by atoms with E-state index in [1.54, 1.807) is 24.3 Å². The lowest BCUT2D eigenvalue weighted by Crippen LogP contribution is -2.42. The highest BCUT2D eigenvalue weighted by atomic mass is 32.2. The molecule has 0 unspecified atom stereocenters. The lowest BCUT2D eigenvalue weighted by molar-refractivity contribution is -0.154. The minimum absolute atomic E-state index is 0.0144. The highest BCUT2D eigenvalue weighted by Gasteiger charge is 2.30. The summed E-state index contributed by atoms with van der Waals surface area (Å²) in [6.45, 7) is 1.46. The quantitative estimate of drug-likeness (QED) is 0.745. The van der Waals surface area contributed by atoms with Crippen molar-refractivity contribution in [2.75, 3.05) is 18.6 Å². The Morgan fingerprint density at radius 2 is 2.04 bits per heavy atom. The van der Waals surface area contributed by atoms with Gasteiger partial charge in [0.15, 0.2) is 15.9 Å². The average molecular weight is 355 g/mol. The molecule has 0 radical (unpaired) electrons. The van der Waals surface area contributed by atoms with Crippen molar-refractivity contribution in [1.82, 2.24) is 5.32 Å². The van der Waals surface area contributed by atoms with Crippen LogP contribution < -0.4 is 10.1 Å². The highest BCUT2D eigenvalue weighted by molar-refractivity contribution is 7.91. The minimum Gasteiger partial charge on any atom is -0.496 e. The monoisotopic (exact) mass is 355 g/mol. The zero-order valence-corrected chi connectivity index (χ0v) is 14.5. The normalized spacial score (nSPS) is 20.2. The number of hydrogen-bond donors (Lipinski definition) is 1. The second kappa shape index (κ2) is 7.65. The van der Waals surface area contributed by atoms with Crippen molar-refractivity contribution < 1.29 is 27.5 Å². The maximum atomic E-state index is 12.0. The lowest BCUT2D eigenvalue weighted by atomic mass is 10.1. The summed E-state index contributed by atoms with van der Waals surface area (Å²) in [6.07, 6.45) is -0.620. The molecule has 0 aliphatic carbocycles. The van der Waals surface area contributed by atoms with Crippen LogP contribution in [0.3, 0.4) is 0 Å². The van der Waals surface area contributed by atoms with E-state index in [-0.39, 0.29) is 17.9 Å². The molecule has 24 heavy (non-hydrogen) atoms. The van der Waals surface area contributed by atoms with E-state index >= 15 is 0 Å². The molecule has 1 saturated heterocycles. The molecule has 1 heterocycles.